The van der Waals surface area contributed by atoms with Gasteiger partial charge in [-0.15, -0.1) is 11.8 Å². The van der Waals surface area contributed by atoms with Crippen LogP contribution in [0.3, 0.4) is 0 Å². The van der Waals surface area contributed by atoms with E-state index in [1.807, 2.05) is 6.07 Å². The maximum Gasteiger partial charge on any atom is 0.351 e. The molecule has 1 saturated heterocycles. The average molecular weight is 327 g/mol. The van der Waals surface area contributed by atoms with Crippen molar-refractivity contribution in [3.05, 3.63) is 22.7 Å². The van der Waals surface area contributed by atoms with E-state index in [2.05, 4.69) is 24.1 Å². The zero-order valence-electron chi connectivity index (χ0n) is 13.3. The molecule has 1 aromatic heterocycles. The second kappa shape index (κ2) is 9.17. The number of anilines is 1. The van der Waals surface area contributed by atoms with E-state index in [1.54, 1.807) is 22.5 Å². The molecule has 0 amide bonds. The Morgan fingerprint density at radius 3 is 3.09 bits per heavy atom. The van der Waals surface area contributed by atoms with Crippen LogP contribution in [0.15, 0.2) is 17.1 Å². The van der Waals surface area contributed by atoms with Gasteiger partial charge in [0, 0.05) is 25.1 Å². The Kier molecular flexibility index (Phi) is 7.21. The van der Waals surface area contributed by atoms with Crippen molar-refractivity contribution in [2.75, 3.05) is 30.8 Å². The molecule has 124 valence electrons. The Morgan fingerprint density at radius 2 is 2.36 bits per heavy atom. The fourth-order valence-electron chi connectivity index (χ4n) is 2.09. The number of nitrogens with one attached hydrogen (secondary N) is 1. The lowest BCUT2D eigenvalue weighted by Gasteiger charge is -2.15. The highest BCUT2D eigenvalue weighted by atomic mass is 32.2. The highest BCUT2D eigenvalue weighted by Crippen LogP contribution is 2.31. The van der Waals surface area contributed by atoms with Crippen LogP contribution < -0.4 is 11.0 Å². The van der Waals surface area contributed by atoms with Crippen molar-refractivity contribution in [2.45, 2.75) is 44.8 Å². The van der Waals surface area contributed by atoms with E-state index in [4.69, 9.17) is 9.47 Å². The minimum absolute atomic E-state index is 0.00773. The molecular weight excluding hydrogens is 302 g/mol. The predicted octanol–water partition coefficient (Wildman–Crippen LogP) is 2.47. The molecule has 7 heteroatoms. The van der Waals surface area contributed by atoms with Crippen LogP contribution >= 0.6 is 11.8 Å². The highest BCUT2D eigenvalue weighted by Gasteiger charge is 2.28. The van der Waals surface area contributed by atoms with E-state index in [-0.39, 0.29) is 17.4 Å². The number of aromatic nitrogens is 2. The Morgan fingerprint density at radius 1 is 1.50 bits per heavy atom. The van der Waals surface area contributed by atoms with Gasteiger partial charge in [0.2, 0.25) is 0 Å². The molecule has 1 N–H and O–H groups in total. The molecule has 0 aromatic carbocycles. The molecule has 22 heavy (non-hydrogen) atoms. The standard InChI is InChI=1S/C15H25N3O3S/c1-3-5-9-20-10-14-21-13(11-22-14)18-8-6-12(16-7-4-2)17-15(18)19/h6,8,13-14H,3-5,7,9-11H2,1-2H3,(H,16,17,19)/t13-,14+/m0/s1. The molecule has 0 unspecified atom stereocenters. The Bertz CT molecular complexity index is 509. The quantitative estimate of drug-likeness (QED) is 0.703. The first-order valence-corrected chi connectivity index (χ1v) is 8.97. The summed E-state index contributed by atoms with van der Waals surface area (Å²) in [5.41, 5.74) is -0.286. The summed E-state index contributed by atoms with van der Waals surface area (Å²) in [7, 11) is 0. The molecule has 0 spiro atoms. The minimum atomic E-state index is -0.278. The first-order valence-electron chi connectivity index (χ1n) is 7.92. The molecule has 0 bridgehead atoms. The van der Waals surface area contributed by atoms with E-state index < -0.39 is 0 Å². The zero-order valence-corrected chi connectivity index (χ0v) is 14.1. The maximum absolute atomic E-state index is 12.1. The second-order valence-electron chi connectivity index (χ2n) is 5.21. The average Bonchev–Trinajstić information content (AvgIpc) is 2.98. The minimum Gasteiger partial charge on any atom is -0.378 e. The summed E-state index contributed by atoms with van der Waals surface area (Å²) in [5, 5.41) is 3.11. The van der Waals surface area contributed by atoms with Gasteiger partial charge >= 0.3 is 5.69 Å². The third-order valence-electron chi connectivity index (χ3n) is 3.33. The summed E-state index contributed by atoms with van der Waals surface area (Å²) in [6.07, 6.45) is 4.67. The normalized spacial score (nSPS) is 21.2. The van der Waals surface area contributed by atoms with Gasteiger partial charge in [-0.25, -0.2) is 4.79 Å². The summed E-state index contributed by atoms with van der Waals surface area (Å²) in [4.78, 5) is 16.1. The fourth-order valence-corrected chi connectivity index (χ4v) is 3.10. The lowest BCUT2D eigenvalue weighted by Crippen LogP contribution is -2.29. The van der Waals surface area contributed by atoms with E-state index in [9.17, 15) is 4.79 Å². The van der Waals surface area contributed by atoms with Crippen LogP contribution in [-0.4, -0.2) is 40.5 Å². The Hall–Kier alpha value is -1.05. The van der Waals surface area contributed by atoms with Crippen molar-refractivity contribution < 1.29 is 9.47 Å². The summed E-state index contributed by atoms with van der Waals surface area (Å²) in [6.45, 7) is 6.35. The molecule has 0 aliphatic carbocycles. The van der Waals surface area contributed by atoms with E-state index in [0.717, 1.165) is 38.2 Å². The number of hydrogen-bond acceptors (Lipinski definition) is 6. The number of hydrogen-bond donors (Lipinski definition) is 1. The molecule has 2 rings (SSSR count). The van der Waals surface area contributed by atoms with Crippen molar-refractivity contribution in [1.29, 1.82) is 0 Å². The van der Waals surface area contributed by atoms with Crippen molar-refractivity contribution in [3.8, 4) is 0 Å². The van der Waals surface area contributed by atoms with Crippen molar-refractivity contribution in [2.24, 2.45) is 0 Å². The van der Waals surface area contributed by atoms with Gasteiger partial charge in [-0.05, 0) is 18.9 Å². The topological polar surface area (TPSA) is 65.4 Å². The van der Waals surface area contributed by atoms with Crippen LogP contribution in [0, 0.1) is 0 Å². The molecule has 1 aromatic rings. The van der Waals surface area contributed by atoms with Gasteiger partial charge in [0.15, 0.2) is 0 Å². The molecule has 0 radical (unpaired) electrons. The smallest absolute Gasteiger partial charge is 0.351 e. The van der Waals surface area contributed by atoms with E-state index in [1.165, 1.54) is 0 Å². The zero-order chi connectivity index (χ0) is 15.8. The summed E-state index contributed by atoms with van der Waals surface area (Å²) in [5.74, 6) is 1.36. The van der Waals surface area contributed by atoms with Crippen LogP contribution in [-0.2, 0) is 9.47 Å². The Balaban J connectivity index is 1.86. The summed E-state index contributed by atoms with van der Waals surface area (Å²) < 4.78 is 13.0. The number of unbranched alkanes of at least 4 members (excludes halogenated alkanes) is 1. The van der Waals surface area contributed by atoms with E-state index >= 15 is 0 Å². The van der Waals surface area contributed by atoms with Crippen LogP contribution in [0.1, 0.15) is 39.3 Å². The lowest BCUT2D eigenvalue weighted by atomic mass is 10.4. The molecule has 2 atom stereocenters. The second-order valence-corrected chi connectivity index (χ2v) is 6.40. The van der Waals surface area contributed by atoms with Gasteiger partial charge in [0.05, 0.1) is 6.61 Å². The van der Waals surface area contributed by atoms with Gasteiger partial charge in [-0.1, -0.05) is 20.3 Å². The fraction of sp³-hybridized carbons (Fsp3) is 0.733. The lowest BCUT2D eigenvalue weighted by molar-refractivity contribution is -0.0250. The van der Waals surface area contributed by atoms with Gasteiger partial charge in [-0.2, -0.15) is 4.98 Å². The number of rotatable bonds is 9. The number of ether oxygens (including phenoxy) is 2. The van der Waals surface area contributed by atoms with Crippen LogP contribution in [0.2, 0.25) is 0 Å². The van der Waals surface area contributed by atoms with Gasteiger partial charge in [-0.3, -0.25) is 4.57 Å². The van der Waals surface area contributed by atoms with Crippen molar-refractivity contribution in [3.63, 3.8) is 0 Å². The SMILES string of the molecule is CCCCOC[C@@H]1O[C@H](n2ccc(NCCC)nc2=O)CS1. The molecule has 1 aliphatic rings. The largest absolute Gasteiger partial charge is 0.378 e. The van der Waals surface area contributed by atoms with Crippen LogP contribution in [0.4, 0.5) is 5.82 Å². The van der Waals surface area contributed by atoms with Crippen molar-refractivity contribution >= 4 is 17.6 Å². The molecule has 6 nitrogen and oxygen atoms in total. The van der Waals surface area contributed by atoms with E-state index in [0.29, 0.717) is 12.4 Å². The molecule has 1 aliphatic heterocycles. The first kappa shape index (κ1) is 17.3. The van der Waals surface area contributed by atoms with Gasteiger partial charge < -0.3 is 14.8 Å². The van der Waals surface area contributed by atoms with Crippen LogP contribution in [0.25, 0.3) is 0 Å². The van der Waals surface area contributed by atoms with Gasteiger partial charge in [0.1, 0.15) is 17.5 Å². The third kappa shape index (κ3) is 5.00. The molecule has 2 heterocycles. The highest BCUT2D eigenvalue weighted by molar-refractivity contribution is 8.00. The van der Waals surface area contributed by atoms with Gasteiger partial charge in [0.25, 0.3) is 0 Å². The summed E-state index contributed by atoms with van der Waals surface area (Å²) >= 11 is 1.68. The van der Waals surface area contributed by atoms with Crippen LogP contribution in [0.5, 0.6) is 0 Å². The Labute approximate surface area is 135 Å². The monoisotopic (exact) mass is 327 g/mol. The molecule has 0 saturated carbocycles. The molecule has 1 fully saturated rings. The molecular formula is C15H25N3O3S. The maximum atomic E-state index is 12.1. The number of nitrogens with zero attached hydrogens (tertiary/aromatic N) is 2. The predicted molar refractivity (Wildman–Crippen MR) is 89.4 cm³/mol. The first-order chi connectivity index (χ1) is 10.7. The third-order valence-corrected chi connectivity index (χ3v) is 4.42. The number of thioether (sulfide) groups is 1. The summed E-state index contributed by atoms with van der Waals surface area (Å²) in [6, 6.07) is 1.82. The van der Waals surface area contributed by atoms with Crippen molar-refractivity contribution in [1.82, 2.24) is 9.55 Å².